The summed E-state index contributed by atoms with van der Waals surface area (Å²) in [4.78, 5) is 0. The summed E-state index contributed by atoms with van der Waals surface area (Å²) in [6.07, 6.45) is 6.73. The Morgan fingerprint density at radius 2 is 1.78 bits per heavy atom. The van der Waals surface area contributed by atoms with Gasteiger partial charge in [-0.3, -0.25) is 5.10 Å². The average Bonchev–Trinajstić information content (AvgIpc) is 3.31. The van der Waals surface area contributed by atoms with Gasteiger partial charge in [-0.1, -0.05) is 30.3 Å². The van der Waals surface area contributed by atoms with E-state index in [0.717, 1.165) is 18.5 Å². The molecule has 1 heterocycles. The lowest BCUT2D eigenvalue weighted by Gasteiger charge is -2.23. The van der Waals surface area contributed by atoms with Crippen LogP contribution in [0.4, 0.5) is 0 Å². The van der Waals surface area contributed by atoms with Gasteiger partial charge < -0.3 is 5.73 Å². The minimum absolute atomic E-state index is 0.0421. The summed E-state index contributed by atoms with van der Waals surface area (Å²) in [5.41, 5.74) is 10.4. The maximum absolute atomic E-state index is 6.48. The Labute approximate surface area is 106 Å². The van der Waals surface area contributed by atoms with E-state index < -0.39 is 0 Å². The molecule has 2 saturated carbocycles. The van der Waals surface area contributed by atoms with Gasteiger partial charge in [-0.2, -0.15) is 5.10 Å². The topological polar surface area (TPSA) is 54.7 Å². The molecule has 3 nitrogen and oxygen atoms in total. The number of nitrogens with one attached hydrogen (secondary N) is 1. The zero-order valence-corrected chi connectivity index (χ0v) is 10.3. The molecule has 2 aliphatic carbocycles. The van der Waals surface area contributed by atoms with Crippen LogP contribution in [0.1, 0.15) is 31.2 Å². The van der Waals surface area contributed by atoms with Crippen LogP contribution in [0.25, 0.3) is 11.3 Å². The number of aromatic amines is 1. The molecule has 92 valence electrons. The van der Waals surface area contributed by atoms with Crippen LogP contribution in [0.5, 0.6) is 0 Å². The number of rotatable bonds is 3. The van der Waals surface area contributed by atoms with Crippen LogP contribution in [-0.2, 0) is 5.41 Å². The summed E-state index contributed by atoms with van der Waals surface area (Å²) in [6.45, 7) is 0. The van der Waals surface area contributed by atoms with E-state index in [9.17, 15) is 0 Å². The fourth-order valence-corrected chi connectivity index (χ4v) is 3.25. The van der Waals surface area contributed by atoms with Crippen molar-refractivity contribution in [3.8, 4) is 11.3 Å². The molecule has 0 amide bonds. The minimum atomic E-state index is 0.0421. The van der Waals surface area contributed by atoms with E-state index in [0.29, 0.717) is 0 Å². The molecule has 18 heavy (non-hydrogen) atoms. The van der Waals surface area contributed by atoms with Gasteiger partial charge in [-0.15, -0.1) is 0 Å². The lowest BCUT2D eigenvalue weighted by molar-refractivity contribution is 0.504. The third-order valence-corrected chi connectivity index (χ3v) is 4.71. The van der Waals surface area contributed by atoms with Crippen molar-refractivity contribution in [3.63, 3.8) is 0 Å². The van der Waals surface area contributed by atoms with Crippen molar-refractivity contribution in [2.24, 2.45) is 5.73 Å². The van der Waals surface area contributed by atoms with Crippen molar-refractivity contribution < 1.29 is 0 Å². The number of nitrogens with zero attached hydrogens (tertiary/aromatic N) is 1. The molecule has 1 aromatic carbocycles. The highest BCUT2D eigenvalue weighted by Gasteiger charge is 2.65. The molecule has 0 bridgehead atoms. The SMILES string of the molecule is NC1(C2(c3cn[nH]c3-c3ccccc3)CC2)CC1. The van der Waals surface area contributed by atoms with E-state index >= 15 is 0 Å². The fraction of sp³-hybridized carbons (Fsp3) is 0.400. The minimum Gasteiger partial charge on any atom is -0.324 e. The number of hydrogen-bond donors (Lipinski definition) is 2. The summed E-state index contributed by atoms with van der Waals surface area (Å²) in [7, 11) is 0. The molecule has 4 rings (SSSR count). The van der Waals surface area contributed by atoms with Gasteiger partial charge in [0.1, 0.15) is 0 Å². The van der Waals surface area contributed by atoms with Crippen molar-refractivity contribution in [2.45, 2.75) is 36.6 Å². The van der Waals surface area contributed by atoms with Gasteiger partial charge >= 0.3 is 0 Å². The zero-order chi connectivity index (χ0) is 12.2. The lowest BCUT2D eigenvalue weighted by atomic mass is 9.85. The van der Waals surface area contributed by atoms with Crippen LogP contribution in [-0.4, -0.2) is 15.7 Å². The summed E-state index contributed by atoms with van der Waals surface area (Å²) >= 11 is 0. The highest BCUT2D eigenvalue weighted by atomic mass is 15.1. The Balaban J connectivity index is 1.82. The van der Waals surface area contributed by atoms with Gasteiger partial charge in [0.25, 0.3) is 0 Å². The molecule has 1 aromatic heterocycles. The molecule has 3 N–H and O–H groups in total. The Morgan fingerprint density at radius 1 is 1.06 bits per heavy atom. The molecule has 3 heteroatoms. The van der Waals surface area contributed by atoms with Gasteiger partial charge in [0, 0.05) is 16.5 Å². The Bertz CT molecular complexity index is 577. The predicted octanol–water partition coefficient (Wildman–Crippen LogP) is 2.60. The second-order valence-electron chi connectivity index (χ2n) is 5.76. The molecule has 0 spiro atoms. The number of H-pyrrole nitrogens is 1. The first-order valence-corrected chi connectivity index (χ1v) is 6.63. The van der Waals surface area contributed by atoms with Crippen molar-refractivity contribution in [1.29, 1.82) is 0 Å². The van der Waals surface area contributed by atoms with Crippen LogP contribution in [0.3, 0.4) is 0 Å². The standard InChI is InChI=1S/C15H17N3/c16-15(8-9-15)14(6-7-14)12-10-17-18-13(12)11-4-2-1-3-5-11/h1-5,10H,6-9,16H2,(H,17,18). The predicted molar refractivity (Wildman–Crippen MR) is 71.1 cm³/mol. The van der Waals surface area contributed by atoms with Crippen molar-refractivity contribution in [2.75, 3.05) is 0 Å². The summed E-state index contributed by atoms with van der Waals surface area (Å²) in [5, 5.41) is 7.43. The van der Waals surface area contributed by atoms with E-state index in [-0.39, 0.29) is 11.0 Å². The van der Waals surface area contributed by atoms with Crippen LogP contribution < -0.4 is 5.73 Å². The fourth-order valence-electron chi connectivity index (χ4n) is 3.25. The van der Waals surface area contributed by atoms with E-state index in [1.165, 1.54) is 24.0 Å². The quantitative estimate of drug-likeness (QED) is 0.865. The second-order valence-corrected chi connectivity index (χ2v) is 5.76. The molecular weight excluding hydrogens is 222 g/mol. The number of nitrogens with two attached hydrogens (primary N) is 1. The van der Waals surface area contributed by atoms with Gasteiger partial charge in [0.15, 0.2) is 0 Å². The monoisotopic (exact) mass is 239 g/mol. The normalized spacial score (nSPS) is 22.7. The van der Waals surface area contributed by atoms with Crippen LogP contribution >= 0.6 is 0 Å². The van der Waals surface area contributed by atoms with Gasteiger partial charge in [0.05, 0.1) is 11.9 Å². The van der Waals surface area contributed by atoms with Gasteiger partial charge in [-0.05, 0) is 31.2 Å². The van der Waals surface area contributed by atoms with E-state index in [2.05, 4.69) is 34.5 Å². The Morgan fingerprint density at radius 3 is 2.39 bits per heavy atom. The van der Waals surface area contributed by atoms with Crippen molar-refractivity contribution in [3.05, 3.63) is 42.1 Å². The first-order chi connectivity index (χ1) is 8.75. The lowest BCUT2D eigenvalue weighted by Crippen LogP contribution is -2.37. The molecular formula is C15H17N3. The number of aromatic nitrogens is 2. The highest BCUT2D eigenvalue weighted by molar-refractivity contribution is 5.66. The molecule has 2 aromatic rings. The molecule has 0 atom stereocenters. The van der Waals surface area contributed by atoms with Crippen molar-refractivity contribution in [1.82, 2.24) is 10.2 Å². The average molecular weight is 239 g/mol. The van der Waals surface area contributed by atoms with Gasteiger partial charge in [-0.25, -0.2) is 0 Å². The van der Waals surface area contributed by atoms with E-state index in [1.54, 1.807) is 0 Å². The van der Waals surface area contributed by atoms with Crippen LogP contribution in [0, 0.1) is 0 Å². The Hall–Kier alpha value is -1.61. The smallest absolute Gasteiger partial charge is 0.0688 e. The van der Waals surface area contributed by atoms with Gasteiger partial charge in [0.2, 0.25) is 0 Å². The van der Waals surface area contributed by atoms with Crippen molar-refractivity contribution >= 4 is 0 Å². The molecule has 0 aliphatic heterocycles. The highest BCUT2D eigenvalue weighted by Crippen LogP contribution is 2.64. The third-order valence-electron chi connectivity index (χ3n) is 4.71. The second kappa shape index (κ2) is 3.23. The first-order valence-electron chi connectivity index (χ1n) is 6.63. The molecule has 0 saturated heterocycles. The first kappa shape index (κ1) is 10.3. The summed E-state index contributed by atoms with van der Waals surface area (Å²) in [5.74, 6) is 0. The molecule has 0 unspecified atom stereocenters. The van der Waals surface area contributed by atoms with Crippen LogP contribution in [0.2, 0.25) is 0 Å². The maximum atomic E-state index is 6.48. The summed E-state index contributed by atoms with van der Waals surface area (Å²) in [6, 6.07) is 10.4. The maximum Gasteiger partial charge on any atom is 0.0688 e. The molecule has 2 fully saturated rings. The van der Waals surface area contributed by atoms with E-state index in [4.69, 9.17) is 5.73 Å². The largest absolute Gasteiger partial charge is 0.324 e. The number of benzene rings is 1. The number of hydrogen-bond acceptors (Lipinski definition) is 2. The zero-order valence-electron chi connectivity index (χ0n) is 10.3. The molecule has 0 radical (unpaired) electrons. The van der Waals surface area contributed by atoms with E-state index in [1.807, 2.05) is 12.3 Å². The third kappa shape index (κ3) is 1.25. The summed E-state index contributed by atoms with van der Waals surface area (Å²) < 4.78 is 0. The van der Waals surface area contributed by atoms with Crippen LogP contribution in [0.15, 0.2) is 36.5 Å². The molecule has 2 aliphatic rings. The Kier molecular flexibility index (Phi) is 1.86.